The number of nitrogens with zero attached hydrogens (tertiary/aromatic N) is 1. The Kier molecular flexibility index (Phi) is 4.79. The molecule has 1 aromatic carbocycles. The monoisotopic (exact) mass is 441 g/mol. The summed E-state index contributed by atoms with van der Waals surface area (Å²) in [5.41, 5.74) is 3.02. The van der Waals surface area contributed by atoms with Crippen molar-refractivity contribution in [2.45, 2.75) is 57.2 Å². The van der Waals surface area contributed by atoms with E-state index < -0.39 is 0 Å². The van der Waals surface area contributed by atoms with Gasteiger partial charge in [-0.1, -0.05) is 36.7 Å². The number of ether oxygens (including phenoxy) is 2. The number of carbonyl (C=O) groups is 1. The zero-order valence-electron chi connectivity index (χ0n) is 18.3. The summed E-state index contributed by atoms with van der Waals surface area (Å²) in [4.78, 5) is 15.3. The number of rotatable bonds is 3. The fraction of sp³-hybridized carbons (Fsp3) is 0.654. The third kappa shape index (κ3) is 3.46. The Morgan fingerprint density at radius 1 is 1.23 bits per heavy atom. The molecule has 4 fully saturated rings. The van der Waals surface area contributed by atoms with E-state index in [0.717, 1.165) is 50.5 Å². The van der Waals surface area contributed by atoms with E-state index in [0.29, 0.717) is 11.8 Å². The van der Waals surface area contributed by atoms with E-state index in [1.807, 2.05) is 12.1 Å². The van der Waals surface area contributed by atoms with E-state index in [4.69, 9.17) is 21.1 Å². The first-order valence-corrected chi connectivity index (χ1v) is 12.4. The Hall–Kier alpha value is -1.36. The number of epoxide rings is 1. The first-order chi connectivity index (χ1) is 15.0. The zero-order valence-corrected chi connectivity index (χ0v) is 19.1. The molecule has 2 saturated heterocycles. The zero-order chi connectivity index (χ0) is 21.2. The van der Waals surface area contributed by atoms with Gasteiger partial charge in [0.25, 0.3) is 0 Å². The second-order valence-electron chi connectivity index (χ2n) is 10.8. The predicted molar refractivity (Wildman–Crippen MR) is 121 cm³/mol. The van der Waals surface area contributed by atoms with Gasteiger partial charge in [-0.05, 0) is 73.1 Å². The molecule has 0 radical (unpaired) electrons. The number of hydrogen-bond acceptors (Lipinski definition) is 4. The van der Waals surface area contributed by atoms with Gasteiger partial charge in [0.1, 0.15) is 6.10 Å². The Labute approximate surface area is 189 Å². The van der Waals surface area contributed by atoms with Gasteiger partial charge in [0.2, 0.25) is 0 Å². The molecule has 2 aliphatic carbocycles. The van der Waals surface area contributed by atoms with Crippen LogP contribution in [0, 0.1) is 23.2 Å². The summed E-state index contributed by atoms with van der Waals surface area (Å²) < 4.78 is 12.0. The minimum Gasteiger partial charge on any atom is -0.462 e. The van der Waals surface area contributed by atoms with Crippen molar-refractivity contribution >= 4 is 23.1 Å². The van der Waals surface area contributed by atoms with Crippen molar-refractivity contribution < 1.29 is 14.3 Å². The molecule has 0 bridgehead atoms. The molecular weight excluding hydrogens is 410 g/mol. The summed E-state index contributed by atoms with van der Waals surface area (Å²) in [6.07, 6.45) is 9.25. The van der Waals surface area contributed by atoms with Gasteiger partial charge >= 0.3 is 5.97 Å². The summed E-state index contributed by atoms with van der Waals surface area (Å²) in [5.74, 6) is 0.990. The lowest BCUT2D eigenvalue weighted by molar-refractivity contribution is -0.147. The van der Waals surface area contributed by atoms with Crippen LogP contribution in [0.25, 0.3) is 5.57 Å². The molecule has 4 nitrogen and oxygen atoms in total. The SMILES string of the molecule is C[C@]12CCC[C@]3(CO3)[C@@H]1C[C@@H]1[C@H](CN3CC=C(c4ccc(Cl)cc4)CC3)C(=O)O[C@@H]1C2. The van der Waals surface area contributed by atoms with Gasteiger partial charge in [-0.2, -0.15) is 0 Å². The van der Waals surface area contributed by atoms with E-state index in [2.05, 4.69) is 30.0 Å². The lowest BCUT2D eigenvalue weighted by Gasteiger charge is -2.51. The summed E-state index contributed by atoms with van der Waals surface area (Å²) in [7, 11) is 0. The van der Waals surface area contributed by atoms with Crippen LogP contribution in [0.2, 0.25) is 5.02 Å². The maximum atomic E-state index is 12.9. The Bertz CT molecular complexity index is 908. The molecule has 6 atom stereocenters. The normalized spacial score (nSPS) is 42.0. The average molecular weight is 442 g/mol. The van der Waals surface area contributed by atoms with Crippen molar-refractivity contribution in [1.82, 2.24) is 4.90 Å². The smallest absolute Gasteiger partial charge is 0.310 e. The van der Waals surface area contributed by atoms with Gasteiger partial charge < -0.3 is 9.47 Å². The van der Waals surface area contributed by atoms with Crippen LogP contribution in [0.4, 0.5) is 0 Å². The third-order valence-electron chi connectivity index (χ3n) is 9.04. The van der Waals surface area contributed by atoms with Crippen LogP contribution in [-0.2, 0) is 14.3 Å². The molecule has 5 heteroatoms. The van der Waals surface area contributed by atoms with E-state index in [1.165, 1.54) is 30.4 Å². The topological polar surface area (TPSA) is 42.1 Å². The first-order valence-electron chi connectivity index (χ1n) is 12.0. The van der Waals surface area contributed by atoms with E-state index in [1.54, 1.807) is 0 Å². The lowest BCUT2D eigenvalue weighted by atomic mass is 9.53. The largest absolute Gasteiger partial charge is 0.462 e. The maximum absolute atomic E-state index is 12.9. The number of halogens is 1. The van der Waals surface area contributed by atoms with Crippen LogP contribution in [-0.4, -0.2) is 48.8 Å². The van der Waals surface area contributed by atoms with Crippen molar-refractivity contribution in [3.8, 4) is 0 Å². The molecule has 2 saturated carbocycles. The highest BCUT2D eigenvalue weighted by Crippen LogP contribution is 2.62. The molecule has 3 aliphatic heterocycles. The van der Waals surface area contributed by atoms with Crippen LogP contribution < -0.4 is 0 Å². The van der Waals surface area contributed by atoms with Crippen molar-refractivity contribution in [3.05, 3.63) is 40.9 Å². The molecule has 3 heterocycles. The lowest BCUT2D eigenvalue weighted by Crippen LogP contribution is -2.51. The highest BCUT2D eigenvalue weighted by atomic mass is 35.5. The quantitative estimate of drug-likeness (QED) is 0.491. The molecule has 0 N–H and O–H groups in total. The van der Waals surface area contributed by atoms with E-state index in [9.17, 15) is 4.79 Å². The van der Waals surface area contributed by atoms with Gasteiger partial charge in [-0.15, -0.1) is 0 Å². The number of fused-ring (bicyclic) bond motifs is 3. The van der Waals surface area contributed by atoms with Crippen LogP contribution in [0.3, 0.4) is 0 Å². The number of benzene rings is 1. The maximum Gasteiger partial charge on any atom is 0.310 e. The molecule has 166 valence electrons. The molecule has 0 unspecified atom stereocenters. The fourth-order valence-corrected chi connectivity index (χ4v) is 7.37. The number of hydrogen-bond donors (Lipinski definition) is 0. The molecule has 0 amide bonds. The van der Waals surface area contributed by atoms with Crippen LogP contribution in [0.15, 0.2) is 30.3 Å². The van der Waals surface area contributed by atoms with Gasteiger partial charge in [-0.3, -0.25) is 9.69 Å². The number of esters is 1. The molecule has 1 spiro atoms. The van der Waals surface area contributed by atoms with E-state index in [-0.39, 0.29) is 29.0 Å². The van der Waals surface area contributed by atoms with Gasteiger partial charge in [-0.25, -0.2) is 0 Å². The van der Waals surface area contributed by atoms with Gasteiger partial charge in [0.15, 0.2) is 0 Å². The second-order valence-corrected chi connectivity index (χ2v) is 11.3. The summed E-state index contributed by atoms with van der Waals surface area (Å²) >= 11 is 6.03. The first kappa shape index (κ1) is 20.3. The Morgan fingerprint density at radius 3 is 2.74 bits per heavy atom. The van der Waals surface area contributed by atoms with Crippen molar-refractivity contribution in [3.63, 3.8) is 0 Å². The molecule has 6 rings (SSSR count). The predicted octanol–water partition coefficient (Wildman–Crippen LogP) is 4.96. The fourth-order valence-electron chi connectivity index (χ4n) is 7.25. The minimum absolute atomic E-state index is 0.0118. The molecule has 0 aromatic heterocycles. The van der Waals surface area contributed by atoms with Crippen molar-refractivity contribution in [1.29, 1.82) is 0 Å². The number of carbonyl (C=O) groups excluding carboxylic acids is 1. The second kappa shape index (κ2) is 7.33. The Morgan fingerprint density at radius 2 is 2.03 bits per heavy atom. The van der Waals surface area contributed by atoms with E-state index >= 15 is 0 Å². The van der Waals surface area contributed by atoms with Crippen molar-refractivity contribution in [2.75, 3.05) is 26.2 Å². The highest BCUT2D eigenvalue weighted by Gasteiger charge is 2.65. The summed E-state index contributed by atoms with van der Waals surface area (Å²) in [5, 5.41) is 0.774. The summed E-state index contributed by atoms with van der Waals surface area (Å²) in [6.45, 7) is 6.05. The molecular formula is C26H32ClNO3. The standard InChI is InChI=1S/C26H32ClNO3/c1-25-9-2-10-26(16-30-26)23(25)13-20-21(24(29)31-22(20)14-25)15-28-11-7-18(8-12-28)17-3-5-19(27)6-4-17/h3-7,20-23H,2,8-16H2,1H3/t20-,21+,22-,23-,25-,26+/m1/s1. The molecule has 5 aliphatic rings. The average Bonchev–Trinajstić information content (AvgIpc) is 3.46. The summed E-state index contributed by atoms with van der Waals surface area (Å²) in [6, 6.07) is 8.11. The minimum atomic E-state index is 0.0118. The van der Waals surface area contributed by atoms with Gasteiger partial charge in [0, 0.05) is 30.6 Å². The Balaban J connectivity index is 1.15. The highest BCUT2D eigenvalue weighted by molar-refractivity contribution is 6.30. The van der Waals surface area contributed by atoms with Crippen LogP contribution in [0.1, 0.15) is 51.0 Å². The van der Waals surface area contributed by atoms with Crippen LogP contribution >= 0.6 is 11.6 Å². The van der Waals surface area contributed by atoms with Crippen molar-refractivity contribution in [2.24, 2.45) is 23.2 Å². The molecule has 31 heavy (non-hydrogen) atoms. The third-order valence-corrected chi connectivity index (χ3v) is 9.29. The molecule has 1 aromatic rings. The van der Waals surface area contributed by atoms with Crippen LogP contribution in [0.5, 0.6) is 0 Å². The van der Waals surface area contributed by atoms with Gasteiger partial charge in [0.05, 0.1) is 18.1 Å².